The minimum atomic E-state index is 0.445. The summed E-state index contributed by atoms with van der Waals surface area (Å²) < 4.78 is 0.456. The third-order valence-electron chi connectivity index (χ3n) is 1.28. The van der Waals surface area contributed by atoms with Crippen molar-refractivity contribution in [2.45, 2.75) is 6.54 Å². The summed E-state index contributed by atoms with van der Waals surface area (Å²) in [6.07, 6.45) is 0. The lowest BCUT2D eigenvalue weighted by molar-refractivity contribution is 0.954. The summed E-state index contributed by atoms with van der Waals surface area (Å²) in [7, 11) is 1.79. The number of hydrogen-bond acceptors (Lipinski definition) is 4. The predicted molar refractivity (Wildman–Crippen MR) is 46.9 cm³/mol. The fraction of sp³-hybridized carbons (Fsp3) is 0.333. The smallest absolute Gasteiger partial charge is 0.198 e. The van der Waals surface area contributed by atoms with Crippen LogP contribution in [0, 0.1) is 4.77 Å². The fourth-order valence-electron chi connectivity index (χ4n) is 0.746. The molecule has 1 aromatic rings. The lowest BCUT2D eigenvalue weighted by Crippen LogP contribution is -2.03. The van der Waals surface area contributed by atoms with Crippen molar-refractivity contribution in [1.29, 1.82) is 0 Å². The van der Waals surface area contributed by atoms with Gasteiger partial charge in [0.25, 0.3) is 0 Å². The van der Waals surface area contributed by atoms with Crippen LogP contribution in [0.25, 0.3) is 0 Å². The van der Waals surface area contributed by atoms with Gasteiger partial charge < -0.3 is 16.0 Å². The van der Waals surface area contributed by atoms with Gasteiger partial charge >= 0.3 is 0 Å². The van der Waals surface area contributed by atoms with Crippen molar-refractivity contribution in [2.24, 2.45) is 5.73 Å². The van der Waals surface area contributed by atoms with Crippen molar-refractivity contribution in [3.05, 3.63) is 16.5 Å². The van der Waals surface area contributed by atoms with E-state index in [1.807, 2.05) is 6.07 Å². The maximum Gasteiger partial charge on any atom is 0.198 e. The van der Waals surface area contributed by atoms with Crippen LogP contribution < -0.4 is 11.1 Å². The third kappa shape index (κ3) is 1.99. The SMILES string of the molecule is CNc1cc(CN)[nH]c(=S)n1. The summed E-state index contributed by atoms with van der Waals surface area (Å²) in [6, 6.07) is 1.83. The van der Waals surface area contributed by atoms with E-state index in [2.05, 4.69) is 15.3 Å². The summed E-state index contributed by atoms with van der Waals surface area (Å²) in [4.78, 5) is 6.86. The van der Waals surface area contributed by atoms with E-state index in [-0.39, 0.29) is 0 Å². The zero-order valence-corrected chi connectivity index (χ0v) is 7.03. The molecule has 0 aliphatic carbocycles. The molecule has 0 saturated heterocycles. The Morgan fingerprint density at radius 2 is 2.55 bits per heavy atom. The topological polar surface area (TPSA) is 66.7 Å². The predicted octanol–water partition coefficient (Wildman–Crippen LogP) is 0.640. The van der Waals surface area contributed by atoms with Gasteiger partial charge in [0.2, 0.25) is 0 Å². The molecule has 0 amide bonds. The molecule has 0 aliphatic heterocycles. The number of nitrogens with two attached hydrogens (primary N) is 1. The van der Waals surface area contributed by atoms with Crippen molar-refractivity contribution in [3.8, 4) is 0 Å². The Morgan fingerprint density at radius 3 is 3.09 bits per heavy atom. The molecule has 0 spiro atoms. The highest BCUT2D eigenvalue weighted by Crippen LogP contribution is 2.02. The van der Waals surface area contributed by atoms with Crippen LogP contribution >= 0.6 is 12.2 Å². The Morgan fingerprint density at radius 1 is 1.82 bits per heavy atom. The van der Waals surface area contributed by atoms with Crippen LogP contribution in [0.1, 0.15) is 5.69 Å². The molecule has 0 unspecified atom stereocenters. The third-order valence-corrected chi connectivity index (χ3v) is 1.47. The number of nitrogens with one attached hydrogen (secondary N) is 2. The second-order valence-electron chi connectivity index (χ2n) is 2.05. The molecule has 0 radical (unpaired) electrons. The van der Waals surface area contributed by atoms with Crippen LogP contribution in [-0.2, 0) is 6.54 Å². The summed E-state index contributed by atoms with van der Waals surface area (Å²) in [5.41, 5.74) is 6.29. The van der Waals surface area contributed by atoms with Crippen molar-refractivity contribution >= 4 is 18.0 Å². The number of aromatic amines is 1. The van der Waals surface area contributed by atoms with Crippen molar-refractivity contribution < 1.29 is 0 Å². The number of rotatable bonds is 2. The first kappa shape index (κ1) is 8.16. The molecular weight excluding hydrogens is 160 g/mol. The molecule has 0 atom stereocenters. The number of hydrogen-bond donors (Lipinski definition) is 3. The maximum atomic E-state index is 5.41. The highest BCUT2D eigenvalue weighted by Gasteiger charge is 1.93. The van der Waals surface area contributed by atoms with Crippen molar-refractivity contribution in [2.75, 3.05) is 12.4 Å². The number of nitrogens with zero attached hydrogens (tertiary/aromatic N) is 1. The molecule has 1 heterocycles. The molecule has 4 N–H and O–H groups in total. The van der Waals surface area contributed by atoms with E-state index in [0.717, 1.165) is 11.5 Å². The summed E-state index contributed by atoms with van der Waals surface area (Å²) >= 11 is 4.86. The first-order valence-electron chi connectivity index (χ1n) is 3.24. The van der Waals surface area contributed by atoms with E-state index in [1.165, 1.54) is 0 Å². The Balaban J connectivity index is 3.12. The van der Waals surface area contributed by atoms with Gasteiger partial charge in [-0.15, -0.1) is 0 Å². The molecule has 5 heteroatoms. The Kier molecular flexibility index (Phi) is 2.56. The van der Waals surface area contributed by atoms with Gasteiger partial charge in [-0.05, 0) is 12.2 Å². The van der Waals surface area contributed by atoms with Gasteiger partial charge in [-0.2, -0.15) is 0 Å². The monoisotopic (exact) mass is 170 g/mol. The molecule has 60 valence electrons. The van der Waals surface area contributed by atoms with E-state index in [9.17, 15) is 0 Å². The van der Waals surface area contributed by atoms with Crippen molar-refractivity contribution in [3.63, 3.8) is 0 Å². The Bertz CT molecular complexity index is 268. The molecular formula is C6H10N4S. The van der Waals surface area contributed by atoms with Crippen LogP contribution in [0.2, 0.25) is 0 Å². The average molecular weight is 170 g/mol. The van der Waals surface area contributed by atoms with Gasteiger partial charge in [-0.3, -0.25) is 0 Å². The fourth-order valence-corrected chi connectivity index (χ4v) is 0.976. The average Bonchev–Trinajstić information content (AvgIpc) is 2.03. The van der Waals surface area contributed by atoms with Gasteiger partial charge in [-0.25, -0.2) is 4.98 Å². The first-order valence-corrected chi connectivity index (χ1v) is 3.65. The Labute approximate surface area is 69.8 Å². The van der Waals surface area contributed by atoms with Crippen LogP contribution in [0.5, 0.6) is 0 Å². The molecule has 0 saturated carbocycles. The quantitative estimate of drug-likeness (QED) is 0.570. The van der Waals surface area contributed by atoms with Crippen LogP contribution in [0.15, 0.2) is 6.07 Å². The van der Waals surface area contributed by atoms with Gasteiger partial charge in [0, 0.05) is 25.4 Å². The van der Waals surface area contributed by atoms with Crippen LogP contribution in [0.4, 0.5) is 5.82 Å². The van der Waals surface area contributed by atoms with Crippen LogP contribution in [-0.4, -0.2) is 17.0 Å². The number of H-pyrrole nitrogens is 1. The number of aromatic nitrogens is 2. The minimum Gasteiger partial charge on any atom is -0.373 e. The molecule has 11 heavy (non-hydrogen) atoms. The highest BCUT2D eigenvalue weighted by atomic mass is 32.1. The minimum absolute atomic E-state index is 0.445. The lowest BCUT2D eigenvalue weighted by Gasteiger charge is -2.00. The van der Waals surface area contributed by atoms with Crippen molar-refractivity contribution in [1.82, 2.24) is 9.97 Å². The van der Waals surface area contributed by atoms with Crippen LogP contribution in [0.3, 0.4) is 0 Å². The summed E-state index contributed by atoms with van der Waals surface area (Å²) in [5.74, 6) is 0.745. The molecule has 0 aliphatic rings. The molecule has 1 rings (SSSR count). The molecule has 1 aromatic heterocycles. The normalized spacial score (nSPS) is 9.64. The second kappa shape index (κ2) is 3.45. The van der Waals surface area contributed by atoms with Gasteiger partial charge in [0.05, 0.1) is 0 Å². The first-order chi connectivity index (χ1) is 5.26. The van der Waals surface area contributed by atoms with Gasteiger partial charge in [0.15, 0.2) is 4.77 Å². The molecule has 4 nitrogen and oxygen atoms in total. The van der Waals surface area contributed by atoms with E-state index in [4.69, 9.17) is 18.0 Å². The zero-order valence-electron chi connectivity index (χ0n) is 6.22. The summed E-state index contributed by atoms with van der Waals surface area (Å²) in [6.45, 7) is 0.445. The zero-order chi connectivity index (χ0) is 8.27. The molecule has 0 aromatic carbocycles. The highest BCUT2D eigenvalue weighted by molar-refractivity contribution is 7.71. The van der Waals surface area contributed by atoms with E-state index in [1.54, 1.807) is 7.05 Å². The number of anilines is 1. The van der Waals surface area contributed by atoms with E-state index < -0.39 is 0 Å². The molecule has 0 bridgehead atoms. The standard InChI is InChI=1S/C6H10N4S/c1-8-5-2-4(3-7)9-6(11)10-5/h2H,3,7H2,1H3,(H2,8,9,10,11). The van der Waals surface area contributed by atoms with E-state index >= 15 is 0 Å². The molecule has 0 fully saturated rings. The Hall–Kier alpha value is -0.940. The maximum absolute atomic E-state index is 5.41. The van der Waals surface area contributed by atoms with Gasteiger partial charge in [-0.1, -0.05) is 0 Å². The second-order valence-corrected chi connectivity index (χ2v) is 2.44. The van der Waals surface area contributed by atoms with E-state index in [0.29, 0.717) is 11.3 Å². The lowest BCUT2D eigenvalue weighted by atomic mass is 10.4. The largest absolute Gasteiger partial charge is 0.373 e. The summed E-state index contributed by atoms with van der Waals surface area (Å²) in [5, 5.41) is 2.89. The van der Waals surface area contributed by atoms with Gasteiger partial charge in [0.1, 0.15) is 5.82 Å².